The van der Waals surface area contributed by atoms with Crippen LogP contribution < -0.4 is 5.32 Å². The minimum atomic E-state index is -0.428. The van der Waals surface area contributed by atoms with E-state index in [1.807, 2.05) is 6.92 Å². The fraction of sp³-hybridized carbons (Fsp3) is 0.0769. The molecule has 5 heteroatoms. The first kappa shape index (κ1) is 12.4. The van der Waals surface area contributed by atoms with Gasteiger partial charge in [-0.3, -0.25) is 4.79 Å². The molecule has 1 amide bonds. The van der Waals surface area contributed by atoms with Gasteiger partial charge in [-0.05, 0) is 36.8 Å². The van der Waals surface area contributed by atoms with E-state index in [1.165, 1.54) is 18.3 Å². The predicted octanol–water partition coefficient (Wildman–Crippen LogP) is 3.00. The van der Waals surface area contributed by atoms with Crippen molar-refractivity contribution in [2.45, 2.75) is 6.92 Å². The van der Waals surface area contributed by atoms with Gasteiger partial charge in [0.05, 0.1) is 5.56 Å². The molecule has 0 spiro atoms. The van der Waals surface area contributed by atoms with E-state index in [1.54, 1.807) is 18.2 Å². The van der Waals surface area contributed by atoms with E-state index < -0.39 is 5.91 Å². The maximum Gasteiger partial charge on any atom is 0.260 e. The zero-order chi connectivity index (χ0) is 13.1. The van der Waals surface area contributed by atoms with Crippen LogP contribution in [0, 0.1) is 6.92 Å². The highest BCUT2D eigenvalue weighted by molar-refractivity contribution is 6.30. The van der Waals surface area contributed by atoms with Crippen molar-refractivity contribution >= 4 is 23.3 Å². The molecule has 0 saturated heterocycles. The van der Waals surface area contributed by atoms with Crippen molar-refractivity contribution in [1.29, 1.82) is 0 Å². The van der Waals surface area contributed by atoms with Crippen molar-refractivity contribution in [3.8, 4) is 5.75 Å². The average molecular weight is 263 g/mol. The molecule has 2 rings (SSSR count). The molecule has 0 bridgehead atoms. The zero-order valence-electron chi connectivity index (χ0n) is 9.64. The highest BCUT2D eigenvalue weighted by atomic mass is 35.5. The molecule has 0 fully saturated rings. The molecule has 4 nitrogen and oxygen atoms in total. The standard InChI is InChI=1S/C13H11ClN2O2/c1-8-2-3-10(11(17)6-8)13(18)16-12-7-9(14)4-5-15-12/h2-7,17H,1H3,(H,15,16,18). The molecule has 0 aliphatic rings. The van der Waals surface area contributed by atoms with E-state index in [2.05, 4.69) is 10.3 Å². The Morgan fingerprint density at radius 2 is 2.11 bits per heavy atom. The highest BCUT2D eigenvalue weighted by Gasteiger charge is 2.11. The lowest BCUT2D eigenvalue weighted by molar-refractivity contribution is 0.102. The second kappa shape index (κ2) is 5.06. The molecule has 0 aliphatic carbocycles. The Labute approximate surface area is 109 Å². The van der Waals surface area contributed by atoms with Crippen molar-refractivity contribution in [2.24, 2.45) is 0 Å². The van der Waals surface area contributed by atoms with Gasteiger partial charge < -0.3 is 10.4 Å². The molecule has 2 N–H and O–H groups in total. The minimum absolute atomic E-state index is 0.0606. The largest absolute Gasteiger partial charge is 0.507 e. The number of anilines is 1. The highest BCUT2D eigenvalue weighted by Crippen LogP contribution is 2.20. The number of pyridine rings is 1. The summed E-state index contributed by atoms with van der Waals surface area (Å²) in [6.45, 7) is 1.83. The van der Waals surface area contributed by atoms with Gasteiger partial charge >= 0.3 is 0 Å². The van der Waals surface area contributed by atoms with Crippen LogP contribution in [-0.2, 0) is 0 Å². The summed E-state index contributed by atoms with van der Waals surface area (Å²) in [6.07, 6.45) is 1.49. The summed E-state index contributed by atoms with van der Waals surface area (Å²) in [5.74, 6) is -0.149. The average Bonchev–Trinajstić information content (AvgIpc) is 2.28. The number of rotatable bonds is 2. The SMILES string of the molecule is Cc1ccc(C(=O)Nc2cc(Cl)ccn2)c(O)c1. The van der Waals surface area contributed by atoms with Crippen LogP contribution in [0.4, 0.5) is 5.82 Å². The molecule has 2 aromatic rings. The zero-order valence-corrected chi connectivity index (χ0v) is 10.4. The monoisotopic (exact) mass is 262 g/mol. The number of aromatic hydroxyl groups is 1. The minimum Gasteiger partial charge on any atom is -0.507 e. The van der Waals surface area contributed by atoms with Crippen LogP contribution in [0.1, 0.15) is 15.9 Å². The number of nitrogens with zero attached hydrogens (tertiary/aromatic N) is 1. The topological polar surface area (TPSA) is 62.2 Å². The quantitative estimate of drug-likeness (QED) is 0.875. The van der Waals surface area contributed by atoms with Gasteiger partial charge in [0.1, 0.15) is 11.6 Å². The molecule has 0 atom stereocenters. The fourth-order valence-electron chi connectivity index (χ4n) is 1.49. The molecule has 0 radical (unpaired) electrons. The van der Waals surface area contributed by atoms with E-state index in [-0.39, 0.29) is 11.3 Å². The van der Waals surface area contributed by atoms with Crippen LogP contribution in [0.2, 0.25) is 5.02 Å². The molecule has 1 heterocycles. The second-order valence-electron chi connectivity index (χ2n) is 3.83. The van der Waals surface area contributed by atoms with Crippen LogP contribution in [0.3, 0.4) is 0 Å². The Hall–Kier alpha value is -2.07. The molecule has 18 heavy (non-hydrogen) atoms. The van der Waals surface area contributed by atoms with Gasteiger partial charge in [0.15, 0.2) is 0 Å². The van der Waals surface area contributed by atoms with Crippen LogP contribution in [0.5, 0.6) is 5.75 Å². The van der Waals surface area contributed by atoms with Gasteiger partial charge in [0, 0.05) is 11.2 Å². The Balaban J connectivity index is 2.22. The molecule has 0 saturated carbocycles. The van der Waals surface area contributed by atoms with E-state index in [9.17, 15) is 9.90 Å². The number of aryl methyl sites for hydroxylation is 1. The summed E-state index contributed by atoms with van der Waals surface area (Å²) in [7, 11) is 0. The van der Waals surface area contributed by atoms with Crippen molar-refractivity contribution < 1.29 is 9.90 Å². The Morgan fingerprint density at radius 3 is 2.78 bits per heavy atom. The number of benzene rings is 1. The number of carbonyl (C=O) groups excluding carboxylic acids is 1. The molecule has 1 aromatic heterocycles. The normalized spacial score (nSPS) is 10.1. The van der Waals surface area contributed by atoms with Gasteiger partial charge in [0.2, 0.25) is 0 Å². The van der Waals surface area contributed by atoms with Crippen LogP contribution >= 0.6 is 11.6 Å². The molecule has 0 unspecified atom stereocenters. The number of amides is 1. The number of aromatic nitrogens is 1. The number of phenolic OH excluding ortho intramolecular Hbond substituents is 1. The number of phenols is 1. The van der Waals surface area contributed by atoms with Crippen molar-refractivity contribution in [3.63, 3.8) is 0 Å². The first-order valence-corrected chi connectivity index (χ1v) is 5.66. The predicted molar refractivity (Wildman–Crippen MR) is 70.0 cm³/mol. The third-order valence-corrected chi connectivity index (χ3v) is 2.60. The van der Waals surface area contributed by atoms with Crippen LogP contribution in [0.25, 0.3) is 0 Å². The van der Waals surface area contributed by atoms with Crippen molar-refractivity contribution in [3.05, 3.63) is 52.7 Å². The van der Waals surface area contributed by atoms with Gasteiger partial charge in [-0.25, -0.2) is 4.98 Å². The summed E-state index contributed by atoms with van der Waals surface area (Å²) in [5.41, 5.74) is 1.08. The molecule has 0 aliphatic heterocycles. The van der Waals surface area contributed by atoms with Gasteiger partial charge in [-0.15, -0.1) is 0 Å². The third kappa shape index (κ3) is 2.78. The smallest absolute Gasteiger partial charge is 0.260 e. The Morgan fingerprint density at radius 1 is 1.33 bits per heavy atom. The molecular weight excluding hydrogens is 252 g/mol. The second-order valence-corrected chi connectivity index (χ2v) is 4.27. The van der Waals surface area contributed by atoms with Crippen LogP contribution in [-0.4, -0.2) is 16.0 Å². The lowest BCUT2D eigenvalue weighted by atomic mass is 10.1. The molecule has 1 aromatic carbocycles. The maximum atomic E-state index is 11.9. The van der Waals surface area contributed by atoms with E-state index in [0.717, 1.165) is 5.56 Å². The summed E-state index contributed by atoms with van der Waals surface area (Å²) < 4.78 is 0. The van der Waals surface area contributed by atoms with E-state index in [4.69, 9.17) is 11.6 Å². The first-order valence-electron chi connectivity index (χ1n) is 5.29. The van der Waals surface area contributed by atoms with Crippen molar-refractivity contribution in [2.75, 3.05) is 5.32 Å². The summed E-state index contributed by atoms with van der Waals surface area (Å²) in [4.78, 5) is 15.9. The lowest BCUT2D eigenvalue weighted by Gasteiger charge is -2.06. The number of halogens is 1. The number of carbonyl (C=O) groups is 1. The van der Waals surface area contributed by atoms with Crippen molar-refractivity contribution in [1.82, 2.24) is 4.98 Å². The van der Waals surface area contributed by atoms with E-state index >= 15 is 0 Å². The summed E-state index contributed by atoms with van der Waals surface area (Å²) in [5, 5.41) is 12.7. The number of nitrogens with one attached hydrogen (secondary N) is 1. The summed E-state index contributed by atoms with van der Waals surface area (Å²) >= 11 is 5.79. The lowest BCUT2D eigenvalue weighted by Crippen LogP contribution is -2.13. The van der Waals surface area contributed by atoms with Crippen LogP contribution in [0.15, 0.2) is 36.5 Å². The Bertz CT molecular complexity index is 599. The maximum absolute atomic E-state index is 11.9. The molecular formula is C13H11ClN2O2. The molecule has 92 valence electrons. The third-order valence-electron chi connectivity index (χ3n) is 2.36. The first-order chi connectivity index (χ1) is 8.56. The van der Waals surface area contributed by atoms with Gasteiger partial charge in [-0.1, -0.05) is 17.7 Å². The summed E-state index contributed by atoms with van der Waals surface area (Å²) in [6, 6.07) is 7.98. The fourth-order valence-corrected chi connectivity index (χ4v) is 1.65. The number of hydrogen-bond acceptors (Lipinski definition) is 3. The van der Waals surface area contributed by atoms with Gasteiger partial charge in [0.25, 0.3) is 5.91 Å². The van der Waals surface area contributed by atoms with Gasteiger partial charge in [-0.2, -0.15) is 0 Å². The Kier molecular flexibility index (Phi) is 3.48. The van der Waals surface area contributed by atoms with E-state index in [0.29, 0.717) is 10.8 Å². The number of hydrogen-bond donors (Lipinski definition) is 2.